The van der Waals surface area contributed by atoms with E-state index in [9.17, 15) is 22.8 Å². The van der Waals surface area contributed by atoms with Crippen LogP contribution >= 0.6 is 11.3 Å². The van der Waals surface area contributed by atoms with Gasteiger partial charge in [0.25, 0.3) is 5.56 Å². The topological polar surface area (TPSA) is 117 Å². The number of carbonyl (C=O) groups is 1. The Morgan fingerprint density at radius 2 is 1.80 bits per heavy atom. The van der Waals surface area contributed by atoms with Gasteiger partial charge in [0.1, 0.15) is 5.01 Å². The molecule has 4 aromatic rings. The zero-order chi connectivity index (χ0) is 20.8. The number of carboxylic acids is 1. The zero-order valence-corrected chi connectivity index (χ0v) is 15.9. The number of carboxylic acid groups (broad SMARTS) is 1. The van der Waals surface area contributed by atoms with Crippen molar-refractivity contribution >= 4 is 38.3 Å². The monoisotopic (exact) mass is 437 g/mol. The van der Waals surface area contributed by atoms with Gasteiger partial charge in [0.15, 0.2) is 0 Å². The van der Waals surface area contributed by atoms with E-state index in [1.807, 2.05) is 0 Å². The van der Waals surface area contributed by atoms with Crippen LogP contribution in [0.4, 0.5) is 13.2 Å². The van der Waals surface area contributed by atoms with E-state index in [0.717, 1.165) is 22.1 Å². The molecule has 0 saturated heterocycles. The molecular weight excluding hydrogens is 423 g/mol. The molecule has 0 radical (unpaired) electrons. The molecule has 0 amide bonds. The number of benzene rings is 2. The van der Waals surface area contributed by atoms with Crippen LogP contribution in [0.15, 0.2) is 47.3 Å². The van der Waals surface area contributed by atoms with Crippen molar-refractivity contribution in [2.45, 2.75) is 19.1 Å². The van der Waals surface area contributed by atoms with Crippen LogP contribution in [0, 0.1) is 0 Å². The molecule has 3 N–H and O–H groups in total. The first-order valence-corrected chi connectivity index (χ1v) is 9.22. The van der Waals surface area contributed by atoms with E-state index in [4.69, 9.17) is 5.11 Å². The van der Waals surface area contributed by atoms with Crippen LogP contribution in [-0.2, 0) is 23.9 Å². The molecule has 30 heavy (non-hydrogen) atoms. The molecular formula is C19H14F3N3O4S. The summed E-state index contributed by atoms with van der Waals surface area (Å²) in [5.41, 5.74) is -1.29. The van der Waals surface area contributed by atoms with E-state index in [2.05, 4.69) is 10.1 Å². The van der Waals surface area contributed by atoms with Gasteiger partial charge < -0.3 is 10.6 Å². The molecule has 0 aliphatic heterocycles. The third-order valence-corrected chi connectivity index (χ3v) is 5.32. The first-order valence-electron chi connectivity index (χ1n) is 8.40. The number of nitrogens with zero attached hydrogens (tertiary/aromatic N) is 3. The summed E-state index contributed by atoms with van der Waals surface area (Å²) >= 11 is 1.03. The van der Waals surface area contributed by atoms with Gasteiger partial charge in [0.05, 0.1) is 39.8 Å². The Morgan fingerprint density at radius 3 is 2.47 bits per heavy atom. The molecule has 0 saturated carbocycles. The molecule has 2 heterocycles. The van der Waals surface area contributed by atoms with Gasteiger partial charge in [0, 0.05) is 5.39 Å². The number of aromatic nitrogens is 3. The molecule has 7 nitrogen and oxygen atoms in total. The largest absolute Gasteiger partial charge is 0.481 e. The lowest BCUT2D eigenvalue weighted by molar-refractivity contribution is -0.137. The van der Waals surface area contributed by atoms with Gasteiger partial charge in [0.2, 0.25) is 0 Å². The summed E-state index contributed by atoms with van der Waals surface area (Å²) in [6.07, 6.45) is -4.93. The minimum atomic E-state index is -4.54. The van der Waals surface area contributed by atoms with Crippen LogP contribution in [0.3, 0.4) is 0 Å². The minimum Gasteiger partial charge on any atom is -0.481 e. The van der Waals surface area contributed by atoms with Crippen molar-refractivity contribution < 1.29 is 28.5 Å². The van der Waals surface area contributed by atoms with Crippen LogP contribution in [0.1, 0.15) is 16.3 Å². The van der Waals surface area contributed by atoms with Crippen molar-refractivity contribution in [3.8, 4) is 0 Å². The number of aliphatic carboxylic acids is 1. The third-order valence-electron chi connectivity index (χ3n) is 4.32. The standard InChI is InChI=1S/C19H12F3N3O3S.H2O/c20-19(21,22)12-6-3-7-14-17(12)23-15(29-14)9-25-18(28)11-5-2-1-4-10(11)13(24-25)8-16(26)27;/h1-7H,8-9H2,(H,26,27);1H2. The quantitative estimate of drug-likeness (QED) is 0.527. The smallest absolute Gasteiger partial charge is 0.418 e. The highest BCUT2D eigenvalue weighted by Gasteiger charge is 2.33. The molecule has 0 fully saturated rings. The molecule has 0 atom stereocenters. The number of hydrogen-bond acceptors (Lipinski definition) is 5. The van der Waals surface area contributed by atoms with Crippen molar-refractivity contribution in [1.82, 2.24) is 14.8 Å². The van der Waals surface area contributed by atoms with E-state index in [0.29, 0.717) is 10.1 Å². The number of alkyl halides is 3. The maximum Gasteiger partial charge on any atom is 0.418 e. The zero-order valence-electron chi connectivity index (χ0n) is 15.1. The molecule has 2 aromatic heterocycles. The van der Waals surface area contributed by atoms with E-state index in [1.54, 1.807) is 24.3 Å². The second-order valence-electron chi connectivity index (χ2n) is 6.28. The maximum atomic E-state index is 13.2. The van der Waals surface area contributed by atoms with Crippen LogP contribution in [0.2, 0.25) is 0 Å². The average molecular weight is 437 g/mol. The molecule has 4 rings (SSSR count). The number of halogens is 3. The van der Waals surface area contributed by atoms with Crippen LogP contribution in [0.5, 0.6) is 0 Å². The Bertz CT molecular complexity index is 1310. The van der Waals surface area contributed by atoms with Gasteiger partial charge >= 0.3 is 12.1 Å². The van der Waals surface area contributed by atoms with Gasteiger partial charge in [-0.3, -0.25) is 9.59 Å². The molecule has 0 aliphatic carbocycles. The Morgan fingerprint density at radius 1 is 1.10 bits per heavy atom. The Balaban J connectivity index is 0.00000256. The van der Waals surface area contributed by atoms with Gasteiger partial charge in [-0.15, -0.1) is 11.3 Å². The van der Waals surface area contributed by atoms with Crippen LogP contribution in [0.25, 0.3) is 21.0 Å². The summed E-state index contributed by atoms with van der Waals surface area (Å²) in [5, 5.41) is 14.3. The predicted molar refractivity (Wildman–Crippen MR) is 105 cm³/mol. The summed E-state index contributed by atoms with van der Waals surface area (Å²) in [7, 11) is 0. The lowest BCUT2D eigenvalue weighted by Crippen LogP contribution is -2.26. The number of fused-ring (bicyclic) bond motifs is 2. The van der Waals surface area contributed by atoms with Gasteiger partial charge in [-0.1, -0.05) is 24.3 Å². The highest BCUT2D eigenvalue weighted by atomic mass is 32.1. The Kier molecular flexibility index (Phi) is 5.59. The lowest BCUT2D eigenvalue weighted by atomic mass is 10.1. The van der Waals surface area contributed by atoms with E-state index >= 15 is 0 Å². The number of hydrogen-bond donors (Lipinski definition) is 1. The SMILES string of the molecule is O.O=C(O)Cc1nn(Cc2nc3c(C(F)(F)F)cccc3s2)c(=O)c2ccccc12. The molecule has 156 valence electrons. The summed E-state index contributed by atoms with van der Waals surface area (Å²) in [5.74, 6) is -1.11. The molecule has 0 aliphatic rings. The summed E-state index contributed by atoms with van der Waals surface area (Å²) < 4.78 is 41.0. The summed E-state index contributed by atoms with van der Waals surface area (Å²) in [6.45, 7) is -0.160. The Labute approximate surface area is 170 Å². The molecule has 2 aromatic carbocycles. The summed E-state index contributed by atoms with van der Waals surface area (Å²) in [6, 6.07) is 10.3. The second kappa shape index (κ2) is 7.84. The number of para-hydroxylation sites is 1. The van der Waals surface area contributed by atoms with Crippen molar-refractivity contribution in [2.75, 3.05) is 0 Å². The van der Waals surface area contributed by atoms with Crippen molar-refractivity contribution in [3.05, 3.63) is 69.1 Å². The molecule has 0 spiro atoms. The van der Waals surface area contributed by atoms with Crippen molar-refractivity contribution in [3.63, 3.8) is 0 Å². The lowest BCUT2D eigenvalue weighted by Gasteiger charge is -2.09. The first kappa shape index (κ1) is 21.4. The third kappa shape index (κ3) is 3.89. The molecule has 0 bridgehead atoms. The molecule has 11 heteroatoms. The molecule has 0 unspecified atom stereocenters. The minimum absolute atomic E-state index is 0. The number of thiazole rings is 1. The van der Waals surface area contributed by atoms with Crippen molar-refractivity contribution in [1.29, 1.82) is 0 Å². The van der Waals surface area contributed by atoms with Crippen LogP contribution < -0.4 is 5.56 Å². The van der Waals surface area contributed by atoms with Gasteiger partial charge in [-0.2, -0.15) is 18.3 Å². The fourth-order valence-corrected chi connectivity index (χ4v) is 4.08. The fraction of sp³-hybridized carbons (Fsp3) is 0.158. The van der Waals surface area contributed by atoms with Gasteiger partial charge in [-0.25, -0.2) is 9.67 Å². The highest BCUT2D eigenvalue weighted by molar-refractivity contribution is 7.18. The fourth-order valence-electron chi connectivity index (χ4n) is 3.11. The average Bonchev–Trinajstić information content (AvgIpc) is 3.06. The van der Waals surface area contributed by atoms with Gasteiger partial charge in [-0.05, 0) is 18.2 Å². The summed E-state index contributed by atoms with van der Waals surface area (Å²) in [4.78, 5) is 28.0. The highest BCUT2D eigenvalue weighted by Crippen LogP contribution is 2.36. The van der Waals surface area contributed by atoms with E-state index in [-0.39, 0.29) is 33.6 Å². The van der Waals surface area contributed by atoms with Crippen molar-refractivity contribution in [2.24, 2.45) is 0 Å². The van der Waals surface area contributed by atoms with E-state index < -0.39 is 29.7 Å². The maximum absolute atomic E-state index is 13.2. The normalized spacial score (nSPS) is 11.6. The first-order chi connectivity index (χ1) is 13.7. The number of rotatable bonds is 4. The Hall–Kier alpha value is -3.31. The van der Waals surface area contributed by atoms with E-state index in [1.165, 1.54) is 12.1 Å². The predicted octanol–water partition coefficient (Wildman–Crippen LogP) is 2.88. The van der Waals surface area contributed by atoms with Crippen LogP contribution in [-0.4, -0.2) is 31.3 Å². The second-order valence-corrected chi connectivity index (χ2v) is 7.40.